The molecule has 1 amide bonds. The van der Waals surface area contributed by atoms with E-state index in [1.807, 2.05) is 5.38 Å². The maximum atomic E-state index is 13.1. The second kappa shape index (κ2) is 8.90. The fourth-order valence-corrected chi connectivity index (χ4v) is 5.96. The highest BCUT2D eigenvalue weighted by atomic mass is 35.5. The molecule has 1 unspecified atom stereocenters. The predicted octanol–water partition coefficient (Wildman–Crippen LogP) is 3.85. The number of hydrogen-bond donors (Lipinski definition) is 0. The number of halogens is 1. The van der Waals surface area contributed by atoms with Crippen molar-refractivity contribution in [1.29, 1.82) is 0 Å². The highest BCUT2D eigenvalue weighted by molar-refractivity contribution is 7.89. The number of likely N-dealkylation sites (tertiary alicyclic amines) is 1. The second-order valence-electron chi connectivity index (χ2n) is 6.69. The van der Waals surface area contributed by atoms with Gasteiger partial charge in [-0.1, -0.05) is 25.4 Å². The Bertz CT molecular complexity index is 928. The number of carbonyl (C=O) groups is 1. The van der Waals surface area contributed by atoms with E-state index in [9.17, 15) is 13.2 Å². The Balaban J connectivity index is 1.87. The molecule has 3 rings (SSSR count). The van der Waals surface area contributed by atoms with Crippen LogP contribution in [0.5, 0.6) is 0 Å². The third-order valence-corrected chi connectivity index (χ3v) is 8.33. The van der Waals surface area contributed by atoms with Gasteiger partial charge in [0.1, 0.15) is 0 Å². The molecule has 1 aliphatic heterocycles. The molecule has 9 heteroatoms. The highest BCUT2D eigenvalue weighted by Crippen LogP contribution is 2.30. The summed E-state index contributed by atoms with van der Waals surface area (Å²) < 4.78 is 27.0. The van der Waals surface area contributed by atoms with Gasteiger partial charge < -0.3 is 4.90 Å². The van der Waals surface area contributed by atoms with Gasteiger partial charge in [-0.05, 0) is 31.0 Å². The summed E-state index contributed by atoms with van der Waals surface area (Å²) in [5.41, 5.74) is 0.231. The minimum atomic E-state index is -3.66. The molecule has 0 bridgehead atoms. The number of aromatic nitrogens is 1. The molecule has 0 saturated carbocycles. The van der Waals surface area contributed by atoms with Gasteiger partial charge in [0.25, 0.3) is 5.91 Å². The van der Waals surface area contributed by atoms with Crippen LogP contribution < -0.4 is 0 Å². The van der Waals surface area contributed by atoms with Crippen LogP contribution in [0.2, 0.25) is 5.02 Å². The van der Waals surface area contributed by atoms with Gasteiger partial charge >= 0.3 is 0 Å². The molecule has 1 aliphatic rings. The Kier molecular flexibility index (Phi) is 6.75. The van der Waals surface area contributed by atoms with Crippen LogP contribution in [0.1, 0.15) is 48.0 Å². The van der Waals surface area contributed by atoms with Crippen molar-refractivity contribution < 1.29 is 13.2 Å². The second-order valence-corrected chi connectivity index (χ2v) is 9.96. The predicted molar refractivity (Wildman–Crippen MR) is 112 cm³/mol. The first-order chi connectivity index (χ1) is 13.4. The molecular weight excluding hydrogens is 418 g/mol. The van der Waals surface area contributed by atoms with Gasteiger partial charge in [-0.15, -0.1) is 11.3 Å². The van der Waals surface area contributed by atoms with E-state index in [4.69, 9.17) is 11.6 Å². The van der Waals surface area contributed by atoms with Gasteiger partial charge in [-0.25, -0.2) is 13.4 Å². The van der Waals surface area contributed by atoms with Crippen LogP contribution in [-0.2, 0) is 10.0 Å². The molecule has 1 aromatic carbocycles. The van der Waals surface area contributed by atoms with Crippen molar-refractivity contribution in [3.05, 3.63) is 45.4 Å². The van der Waals surface area contributed by atoms with Gasteiger partial charge in [0.15, 0.2) is 0 Å². The summed E-state index contributed by atoms with van der Waals surface area (Å²) >= 11 is 7.87. The average Bonchev–Trinajstić information content (AvgIpc) is 3.23. The molecule has 0 radical (unpaired) electrons. The van der Waals surface area contributed by atoms with Gasteiger partial charge in [-0.2, -0.15) is 4.31 Å². The van der Waals surface area contributed by atoms with Gasteiger partial charge in [0, 0.05) is 43.7 Å². The molecule has 1 aromatic heterocycles. The van der Waals surface area contributed by atoms with Crippen molar-refractivity contribution in [3.63, 3.8) is 0 Å². The minimum absolute atomic E-state index is 0.0948. The van der Waals surface area contributed by atoms with E-state index in [0.29, 0.717) is 26.2 Å². The molecule has 0 N–H and O–H groups in total. The summed E-state index contributed by atoms with van der Waals surface area (Å²) in [6.07, 6.45) is 3.64. The molecule has 152 valence electrons. The molecule has 1 saturated heterocycles. The normalized spacial score (nSPS) is 17.9. The first-order valence-corrected chi connectivity index (χ1v) is 12.1. The number of piperidine rings is 1. The maximum absolute atomic E-state index is 13.1. The van der Waals surface area contributed by atoms with Crippen molar-refractivity contribution in [2.45, 2.75) is 37.5 Å². The van der Waals surface area contributed by atoms with E-state index >= 15 is 0 Å². The topological polar surface area (TPSA) is 70.6 Å². The molecule has 1 fully saturated rings. The third-order valence-electron chi connectivity index (χ3n) is 5.02. The zero-order chi connectivity index (χ0) is 20.3. The highest BCUT2D eigenvalue weighted by Gasteiger charge is 2.29. The van der Waals surface area contributed by atoms with Crippen molar-refractivity contribution in [2.24, 2.45) is 0 Å². The minimum Gasteiger partial charge on any atom is -0.338 e. The lowest BCUT2D eigenvalue weighted by atomic mass is 9.98. The summed E-state index contributed by atoms with van der Waals surface area (Å²) in [5, 5.41) is 3.23. The zero-order valence-corrected chi connectivity index (χ0v) is 18.4. The van der Waals surface area contributed by atoms with Crippen molar-refractivity contribution >= 4 is 38.9 Å². The summed E-state index contributed by atoms with van der Waals surface area (Å²) in [4.78, 5) is 19.4. The molecule has 2 aromatic rings. The molecule has 6 nitrogen and oxygen atoms in total. The SMILES string of the molecule is CCN(CC)S(=O)(=O)c1ccc(Cl)c(C(=O)N2CCCC(c3nccs3)C2)c1. The number of hydrogen-bond acceptors (Lipinski definition) is 5. The number of benzene rings is 1. The van der Waals surface area contributed by atoms with Crippen LogP contribution in [0.15, 0.2) is 34.7 Å². The van der Waals surface area contributed by atoms with E-state index in [0.717, 1.165) is 17.8 Å². The lowest BCUT2D eigenvalue weighted by Gasteiger charge is -2.32. The Morgan fingerprint density at radius 3 is 2.75 bits per heavy atom. The number of sulfonamides is 1. The number of nitrogens with zero attached hydrogens (tertiary/aromatic N) is 3. The number of rotatable bonds is 6. The lowest BCUT2D eigenvalue weighted by Crippen LogP contribution is -2.39. The monoisotopic (exact) mass is 441 g/mol. The van der Waals surface area contributed by atoms with Gasteiger partial charge in [0.05, 0.1) is 20.5 Å². The zero-order valence-electron chi connectivity index (χ0n) is 16.0. The quantitative estimate of drug-likeness (QED) is 0.682. The van der Waals surface area contributed by atoms with E-state index in [1.54, 1.807) is 36.3 Å². The molecular formula is C19H24ClN3O3S2. The molecule has 0 spiro atoms. The number of carbonyl (C=O) groups excluding carboxylic acids is 1. The maximum Gasteiger partial charge on any atom is 0.255 e. The fraction of sp³-hybridized carbons (Fsp3) is 0.474. The largest absolute Gasteiger partial charge is 0.338 e. The molecule has 28 heavy (non-hydrogen) atoms. The van der Waals surface area contributed by atoms with Crippen LogP contribution >= 0.6 is 22.9 Å². The average molecular weight is 442 g/mol. The Labute approximate surface area is 175 Å². The summed E-state index contributed by atoms with van der Waals surface area (Å²) in [7, 11) is -3.66. The number of amides is 1. The Morgan fingerprint density at radius 1 is 1.36 bits per heavy atom. The van der Waals surface area contributed by atoms with E-state index in [1.165, 1.54) is 22.5 Å². The molecule has 1 atom stereocenters. The van der Waals surface area contributed by atoms with E-state index in [-0.39, 0.29) is 27.3 Å². The van der Waals surface area contributed by atoms with Crippen LogP contribution in [0.3, 0.4) is 0 Å². The first-order valence-electron chi connectivity index (χ1n) is 9.36. The summed E-state index contributed by atoms with van der Waals surface area (Å²) in [6.45, 7) is 5.50. The van der Waals surface area contributed by atoms with Gasteiger partial charge in [0.2, 0.25) is 10.0 Å². The summed E-state index contributed by atoms with van der Waals surface area (Å²) in [5.74, 6) is -0.0260. The van der Waals surface area contributed by atoms with Crippen molar-refractivity contribution in [2.75, 3.05) is 26.2 Å². The summed E-state index contributed by atoms with van der Waals surface area (Å²) in [6, 6.07) is 4.36. The van der Waals surface area contributed by atoms with Crippen molar-refractivity contribution in [1.82, 2.24) is 14.2 Å². The van der Waals surface area contributed by atoms with E-state index < -0.39 is 10.0 Å². The van der Waals surface area contributed by atoms with Crippen LogP contribution in [0, 0.1) is 0 Å². The molecule has 2 heterocycles. The van der Waals surface area contributed by atoms with Crippen LogP contribution in [-0.4, -0.2) is 54.7 Å². The fourth-order valence-electron chi connectivity index (χ4n) is 3.51. The molecule has 0 aliphatic carbocycles. The standard InChI is InChI=1S/C19H24ClN3O3S2/c1-3-23(4-2)28(25,26)15-7-8-17(20)16(12-15)19(24)22-10-5-6-14(13-22)18-21-9-11-27-18/h7-9,11-12,14H,3-6,10,13H2,1-2H3. The van der Waals surface area contributed by atoms with Gasteiger partial charge in [-0.3, -0.25) is 4.79 Å². The van der Waals surface area contributed by atoms with Crippen molar-refractivity contribution in [3.8, 4) is 0 Å². The van der Waals surface area contributed by atoms with Crippen LogP contribution in [0.4, 0.5) is 0 Å². The third kappa shape index (κ3) is 4.25. The van der Waals surface area contributed by atoms with E-state index in [2.05, 4.69) is 4.98 Å². The Morgan fingerprint density at radius 2 is 2.11 bits per heavy atom. The Hall–Kier alpha value is -1.48. The number of thiazole rings is 1. The lowest BCUT2D eigenvalue weighted by molar-refractivity contribution is 0.0707. The van der Waals surface area contributed by atoms with Crippen LogP contribution in [0.25, 0.3) is 0 Å². The smallest absolute Gasteiger partial charge is 0.255 e. The first kappa shape index (κ1) is 21.2.